The van der Waals surface area contributed by atoms with Crippen LogP contribution >= 0.6 is 0 Å². The van der Waals surface area contributed by atoms with Crippen LogP contribution in [0.15, 0.2) is 36.7 Å². The number of anilines is 2. The number of hydrogen-bond donors (Lipinski definition) is 2. The third kappa shape index (κ3) is 3.71. The third-order valence-electron chi connectivity index (χ3n) is 4.73. The normalized spacial score (nSPS) is 13.5. The summed E-state index contributed by atoms with van der Waals surface area (Å²) in [6.07, 6.45) is 4.92. The van der Waals surface area contributed by atoms with Crippen molar-refractivity contribution in [1.29, 1.82) is 0 Å². The molecule has 6 nitrogen and oxygen atoms in total. The Bertz CT molecular complexity index is 1090. The minimum Gasteiger partial charge on any atom is -0.324 e. The van der Waals surface area contributed by atoms with Gasteiger partial charge in [0.25, 0.3) is 5.91 Å². The fourth-order valence-electron chi connectivity index (χ4n) is 3.01. The number of hydrogen-bond acceptors (Lipinski definition) is 3. The van der Waals surface area contributed by atoms with E-state index in [-0.39, 0.29) is 17.2 Å². The zero-order valence-electron chi connectivity index (χ0n) is 15.1. The van der Waals surface area contributed by atoms with Crippen molar-refractivity contribution >= 4 is 28.7 Å². The maximum atomic E-state index is 14.2. The molecule has 144 valence electrons. The average Bonchev–Trinajstić information content (AvgIpc) is 3.34. The van der Waals surface area contributed by atoms with Gasteiger partial charge in [-0.3, -0.25) is 9.59 Å². The number of rotatable bonds is 5. The van der Waals surface area contributed by atoms with Crippen LogP contribution < -0.4 is 10.6 Å². The first-order valence-corrected chi connectivity index (χ1v) is 8.95. The number of halogens is 2. The van der Waals surface area contributed by atoms with Gasteiger partial charge in [-0.2, -0.15) is 5.10 Å². The van der Waals surface area contributed by atoms with Gasteiger partial charge in [0.15, 0.2) is 0 Å². The Hall–Kier alpha value is -3.29. The molecule has 1 aliphatic rings. The molecule has 0 bridgehead atoms. The molecule has 0 aliphatic heterocycles. The second-order valence-electron chi connectivity index (χ2n) is 7.03. The van der Waals surface area contributed by atoms with Gasteiger partial charge in [0.05, 0.1) is 29.2 Å². The van der Waals surface area contributed by atoms with E-state index in [4.69, 9.17) is 0 Å². The Balaban J connectivity index is 1.56. The van der Waals surface area contributed by atoms with Crippen LogP contribution in [-0.2, 0) is 4.79 Å². The van der Waals surface area contributed by atoms with E-state index in [1.807, 2.05) is 0 Å². The van der Waals surface area contributed by atoms with Gasteiger partial charge in [-0.05, 0) is 55.5 Å². The molecule has 8 heteroatoms. The van der Waals surface area contributed by atoms with Crippen molar-refractivity contribution in [2.45, 2.75) is 26.2 Å². The molecule has 1 aliphatic carbocycles. The van der Waals surface area contributed by atoms with E-state index >= 15 is 0 Å². The van der Waals surface area contributed by atoms with E-state index in [9.17, 15) is 18.4 Å². The van der Waals surface area contributed by atoms with Crippen LogP contribution in [0.4, 0.5) is 20.2 Å². The molecule has 0 atom stereocenters. The summed E-state index contributed by atoms with van der Waals surface area (Å²) < 4.78 is 28.8. The molecule has 2 N–H and O–H groups in total. The van der Waals surface area contributed by atoms with Gasteiger partial charge in [-0.25, -0.2) is 13.3 Å². The lowest BCUT2D eigenvalue weighted by Crippen LogP contribution is -2.16. The van der Waals surface area contributed by atoms with Crippen LogP contribution in [-0.4, -0.2) is 21.4 Å². The maximum Gasteiger partial charge on any atom is 0.259 e. The first-order chi connectivity index (χ1) is 13.4. The van der Waals surface area contributed by atoms with Crippen molar-refractivity contribution in [1.82, 2.24) is 9.61 Å². The zero-order valence-corrected chi connectivity index (χ0v) is 15.1. The Morgan fingerprint density at radius 2 is 1.96 bits per heavy atom. The molecule has 1 saturated carbocycles. The summed E-state index contributed by atoms with van der Waals surface area (Å²) in [6, 6.07) is 5.36. The van der Waals surface area contributed by atoms with Gasteiger partial charge in [-0.1, -0.05) is 0 Å². The zero-order chi connectivity index (χ0) is 19.8. The quantitative estimate of drug-likeness (QED) is 0.700. The summed E-state index contributed by atoms with van der Waals surface area (Å²) in [5.74, 6) is -1.36. The van der Waals surface area contributed by atoms with Crippen molar-refractivity contribution < 1.29 is 18.4 Å². The van der Waals surface area contributed by atoms with Crippen molar-refractivity contribution in [3.8, 4) is 0 Å². The van der Waals surface area contributed by atoms with E-state index in [2.05, 4.69) is 15.7 Å². The monoisotopic (exact) mass is 384 g/mol. The van der Waals surface area contributed by atoms with Crippen LogP contribution in [0.3, 0.4) is 0 Å². The number of pyridine rings is 1. The van der Waals surface area contributed by atoms with Crippen molar-refractivity contribution in [3.05, 3.63) is 59.4 Å². The molecule has 0 unspecified atom stereocenters. The van der Waals surface area contributed by atoms with Crippen LogP contribution in [0.25, 0.3) is 5.52 Å². The topological polar surface area (TPSA) is 75.5 Å². The number of fused-ring (bicyclic) bond motifs is 1. The summed E-state index contributed by atoms with van der Waals surface area (Å²) in [6.45, 7) is 1.65. The van der Waals surface area contributed by atoms with E-state index in [0.717, 1.165) is 12.8 Å². The number of aromatic nitrogens is 2. The minimum atomic E-state index is -0.564. The molecule has 28 heavy (non-hydrogen) atoms. The van der Waals surface area contributed by atoms with Gasteiger partial charge in [0.2, 0.25) is 5.91 Å². The molecular weight excluding hydrogens is 366 g/mol. The number of carbonyl (C=O) groups excluding carboxylic acids is 2. The molecule has 1 fully saturated rings. The predicted molar refractivity (Wildman–Crippen MR) is 100 cm³/mol. The highest BCUT2D eigenvalue weighted by atomic mass is 19.1. The van der Waals surface area contributed by atoms with Gasteiger partial charge < -0.3 is 10.6 Å². The standard InChI is InChI=1S/C20H18F2N4O2/c1-11-6-15(22)17(24-19(27)7-12-2-3-12)8-16(11)25-20(28)14-9-23-26-10-13(21)4-5-18(14)26/h4-6,8-10,12H,2-3,7H2,1H3,(H,24,27)(H,25,28). The van der Waals surface area contributed by atoms with Crippen molar-refractivity contribution in [2.24, 2.45) is 5.92 Å². The molecule has 3 aromatic rings. The number of nitrogens with one attached hydrogen (secondary N) is 2. The number of aryl methyl sites for hydroxylation is 1. The van der Waals surface area contributed by atoms with E-state index in [1.54, 1.807) is 6.92 Å². The number of amides is 2. The number of nitrogens with zero attached hydrogens (tertiary/aromatic N) is 2. The smallest absolute Gasteiger partial charge is 0.259 e. The molecule has 0 saturated heterocycles. The first-order valence-electron chi connectivity index (χ1n) is 8.95. The summed E-state index contributed by atoms with van der Waals surface area (Å²) in [7, 11) is 0. The summed E-state index contributed by atoms with van der Waals surface area (Å²) in [5, 5.41) is 9.25. The van der Waals surface area contributed by atoms with Crippen molar-refractivity contribution in [2.75, 3.05) is 10.6 Å². The van der Waals surface area contributed by atoms with Gasteiger partial charge in [0.1, 0.15) is 11.6 Å². The second kappa shape index (κ2) is 7.03. The lowest BCUT2D eigenvalue weighted by atomic mass is 10.1. The molecule has 0 radical (unpaired) electrons. The Kier molecular flexibility index (Phi) is 4.54. The molecule has 2 aromatic heterocycles. The molecule has 0 spiro atoms. The SMILES string of the molecule is Cc1cc(F)c(NC(=O)CC2CC2)cc1NC(=O)c1cnn2cc(F)ccc12. The average molecular weight is 384 g/mol. The highest BCUT2D eigenvalue weighted by molar-refractivity contribution is 6.09. The predicted octanol–water partition coefficient (Wildman–Crippen LogP) is 3.91. The first kappa shape index (κ1) is 18.1. The van der Waals surface area contributed by atoms with Crippen LogP contribution in [0.5, 0.6) is 0 Å². The Morgan fingerprint density at radius 1 is 1.18 bits per heavy atom. The van der Waals surface area contributed by atoms with Crippen LogP contribution in [0.1, 0.15) is 35.2 Å². The van der Waals surface area contributed by atoms with Gasteiger partial charge in [0, 0.05) is 12.1 Å². The fraction of sp³-hybridized carbons (Fsp3) is 0.250. The lowest BCUT2D eigenvalue weighted by Gasteiger charge is -2.12. The van der Waals surface area contributed by atoms with E-state index < -0.39 is 17.5 Å². The number of carbonyl (C=O) groups is 2. The fourth-order valence-corrected chi connectivity index (χ4v) is 3.01. The number of benzene rings is 1. The molecule has 2 amide bonds. The highest BCUT2D eigenvalue weighted by Gasteiger charge is 2.25. The maximum absolute atomic E-state index is 14.2. The Morgan fingerprint density at radius 3 is 2.71 bits per heavy atom. The molecule has 4 rings (SSSR count). The summed E-state index contributed by atoms with van der Waals surface area (Å²) in [4.78, 5) is 24.6. The van der Waals surface area contributed by atoms with E-state index in [1.165, 1.54) is 41.2 Å². The summed E-state index contributed by atoms with van der Waals surface area (Å²) >= 11 is 0. The largest absolute Gasteiger partial charge is 0.324 e. The van der Waals surface area contributed by atoms with Crippen LogP contribution in [0.2, 0.25) is 0 Å². The van der Waals surface area contributed by atoms with Crippen molar-refractivity contribution in [3.63, 3.8) is 0 Å². The minimum absolute atomic E-state index is 0.0217. The van der Waals surface area contributed by atoms with Crippen LogP contribution in [0, 0.1) is 24.5 Å². The summed E-state index contributed by atoms with van der Waals surface area (Å²) in [5.41, 5.74) is 1.59. The Labute approximate surface area is 159 Å². The second-order valence-corrected chi connectivity index (χ2v) is 7.03. The van der Waals surface area contributed by atoms with E-state index in [0.29, 0.717) is 29.1 Å². The molecule has 1 aromatic carbocycles. The molecule has 2 heterocycles. The third-order valence-corrected chi connectivity index (χ3v) is 4.73. The van der Waals surface area contributed by atoms with Gasteiger partial charge in [-0.15, -0.1) is 0 Å². The highest BCUT2D eigenvalue weighted by Crippen LogP contribution is 2.33. The molecular formula is C20H18F2N4O2. The van der Waals surface area contributed by atoms with Gasteiger partial charge >= 0.3 is 0 Å². The lowest BCUT2D eigenvalue weighted by molar-refractivity contribution is -0.116.